The maximum Gasteiger partial charge on any atom is 0.261 e. The van der Waals surface area contributed by atoms with E-state index in [1.54, 1.807) is 0 Å². The fourth-order valence-electron chi connectivity index (χ4n) is 6.04. The molecule has 0 amide bonds. The molecule has 150 valence electrons. The highest BCUT2D eigenvalue weighted by atomic mass is 28.4. The second-order valence-electron chi connectivity index (χ2n) is 10.8. The molecule has 0 unspecified atom stereocenters. The Morgan fingerprint density at radius 2 is 1.36 bits per heavy atom. The van der Waals surface area contributed by atoms with Gasteiger partial charge >= 0.3 is 0 Å². The smallest absolute Gasteiger partial charge is 0.261 e. The van der Waals surface area contributed by atoms with E-state index in [2.05, 4.69) is 102 Å². The average molecular weight is 393 g/mol. The topological polar surface area (TPSA) is 9.23 Å². The van der Waals surface area contributed by atoms with Crippen LogP contribution < -0.4 is 10.4 Å². The predicted octanol–water partition coefficient (Wildman–Crippen LogP) is 5.63. The highest BCUT2D eigenvalue weighted by Gasteiger charge is 2.65. The maximum atomic E-state index is 7.56. The standard InChI is InChI=1S/C26H36OSi/c1-19-17-18-22-23(26(22,5)6)24(19)27-28(25(2,3)4,20-13-9-7-10-14-20)21-15-11-8-12-16-21/h7-16,19,22-24H,17-18H2,1-6H3/t19-,22+,23+,24+/m1/s1. The van der Waals surface area contributed by atoms with Gasteiger partial charge in [0, 0.05) is 0 Å². The number of benzene rings is 2. The van der Waals surface area contributed by atoms with E-state index in [9.17, 15) is 0 Å². The van der Waals surface area contributed by atoms with Crippen LogP contribution in [-0.4, -0.2) is 14.4 Å². The first-order valence-electron chi connectivity index (χ1n) is 11.0. The zero-order chi connectivity index (χ0) is 20.2. The molecule has 2 aromatic carbocycles. The summed E-state index contributed by atoms with van der Waals surface area (Å²) in [5.74, 6) is 2.18. The molecule has 2 fully saturated rings. The lowest BCUT2D eigenvalue weighted by molar-refractivity contribution is 0.0748. The monoisotopic (exact) mass is 392 g/mol. The van der Waals surface area contributed by atoms with E-state index in [1.165, 1.54) is 23.2 Å². The van der Waals surface area contributed by atoms with E-state index in [0.717, 1.165) is 5.92 Å². The van der Waals surface area contributed by atoms with Crippen LogP contribution >= 0.6 is 0 Å². The van der Waals surface area contributed by atoms with E-state index in [0.29, 0.717) is 23.4 Å². The molecule has 0 aromatic heterocycles. The molecule has 4 atom stereocenters. The highest BCUT2D eigenvalue weighted by molar-refractivity contribution is 6.99. The van der Waals surface area contributed by atoms with Gasteiger partial charge in [0.1, 0.15) is 0 Å². The van der Waals surface area contributed by atoms with E-state index in [1.807, 2.05) is 0 Å². The van der Waals surface area contributed by atoms with Crippen LogP contribution in [0.2, 0.25) is 5.04 Å². The summed E-state index contributed by atoms with van der Waals surface area (Å²) in [4.78, 5) is 0. The van der Waals surface area contributed by atoms with Crippen molar-refractivity contribution in [1.82, 2.24) is 0 Å². The van der Waals surface area contributed by atoms with Crippen LogP contribution in [0.3, 0.4) is 0 Å². The Labute approximate surface area is 172 Å². The minimum atomic E-state index is -2.46. The molecular weight excluding hydrogens is 356 g/mol. The van der Waals surface area contributed by atoms with E-state index in [-0.39, 0.29) is 5.04 Å². The summed E-state index contributed by atoms with van der Waals surface area (Å²) in [6.07, 6.45) is 3.03. The van der Waals surface area contributed by atoms with Gasteiger partial charge in [-0.25, -0.2) is 0 Å². The van der Waals surface area contributed by atoms with Gasteiger partial charge in [0.05, 0.1) is 6.10 Å². The number of hydrogen-bond donors (Lipinski definition) is 0. The zero-order valence-corrected chi connectivity index (χ0v) is 19.4. The molecule has 0 spiro atoms. The molecular formula is C26H36OSi. The second-order valence-corrected chi connectivity index (χ2v) is 15.0. The Morgan fingerprint density at radius 1 is 0.857 bits per heavy atom. The third kappa shape index (κ3) is 3.00. The zero-order valence-electron chi connectivity index (χ0n) is 18.4. The Kier molecular flexibility index (Phi) is 4.87. The van der Waals surface area contributed by atoms with Crippen LogP contribution in [-0.2, 0) is 4.43 Å². The van der Waals surface area contributed by atoms with Crippen molar-refractivity contribution in [2.75, 3.05) is 0 Å². The molecule has 2 aliphatic rings. The normalized spacial score (nSPS) is 29.2. The van der Waals surface area contributed by atoms with Gasteiger partial charge in [-0.15, -0.1) is 0 Å². The molecule has 2 saturated carbocycles. The van der Waals surface area contributed by atoms with Gasteiger partial charge in [0.25, 0.3) is 8.32 Å². The van der Waals surface area contributed by atoms with E-state index >= 15 is 0 Å². The van der Waals surface area contributed by atoms with Crippen molar-refractivity contribution in [3.05, 3.63) is 60.7 Å². The van der Waals surface area contributed by atoms with Crippen molar-refractivity contribution < 1.29 is 4.43 Å². The van der Waals surface area contributed by atoms with Crippen molar-refractivity contribution in [3.8, 4) is 0 Å². The molecule has 1 nitrogen and oxygen atoms in total. The largest absolute Gasteiger partial charge is 0.404 e. The first kappa shape index (κ1) is 19.9. The molecule has 0 bridgehead atoms. The van der Waals surface area contributed by atoms with Gasteiger partial charge < -0.3 is 4.43 Å². The lowest BCUT2D eigenvalue weighted by atomic mass is 9.88. The van der Waals surface area contributed by atoms with Gasteiger partial charge in [0.2, 0.25) is 0 Å². The third-order valence-electron chi connectivity index (χ3n) is 7.72. The summed E-state index contributed by atoms with van der Waals surface area (Å²) >= 11 is 0. The molecule has 0 radical (unpaired) electrons. The summed E-state index contributed by atoms with van der Waals surface area (Å²) < 4.78 is 7.56. The highest BCUT2D eigenvalue weighted by Crippen LogP contribution is 2.67. The van der Waals surface area contributed by atoms with Crippen LogP contribution in [0.15, 0.2) is 60.7 Å². The fraction of sp³-hybridized carbons (Fsp3) is 0.538. The summed E-state index contributed by atoms with van der Waals surface area (Å²) in [7, 11) is -2.46. The number of hydrogen-bond acceptors (Lipinski definition) is 1. The lowest BCUT2D eigenvalue weighted by Gasteiger charge is -2.47. The predicted molar refractivity (Wildman–Crippen MR) is 122 cm³/mol. The molecule has 0 heterocycles. The van der Waals surface area contributed by atoms with Crippen LogP contribution in [0.5, 0.6) is 0 Å². The van der Waals surface area contributed by atoms with Gasteiger partial charge in [-0.05, 0) is 51.4 Å². The van der Waals surface area contributed by atoms with Crippen LogP contribution in [0.1, 0.15) is 54.4 Å². The van der Waals surface area contributed by atoms with Crippen LogP contribution in [0.25, 0.3) is 0 Å². The van der Waals surface area contributed by atoms with Gasteiger partial charge in [-0.3, -0.25) is 0 Å². The minimum absolute atomic E-state index is 0.0569. The number of fused-ring (bicyclic) bond motifs is 1. The molecule has 0 aliphatic heterocycles. The Hall–Kier alpha value is -1.38. The van der Waals surface area contributed by atoms with Gasteiger partial charge in [-0.1, -0.05) is 102 Å². The summed E-state index contributed by atoms with van der Waals surface area (Å²) in [6, 6.07) is 22.2. The molecule has 28 heavy (non-hydrogen) atoms. The van der Waals surface area contributed by atoms with Crippen LogP contribution in [0, 0.1) is 23.2 Å². The molecule has 2 aromatic rings. The van der Waals surface area contributed by atoms with Crippen molar-refractivity contribution >= 4 is 18.7 Å². The minimum Gasteiger partial charge on any atom is -0.404 e. The maximum absolute atomic E-state index is 7.56. The Bertz CT molecular complexity index is 766. The summed E-state index contributed by atoms with van der Waals surface area (Å²) in [6.45, 7) is 14.5. The van der Waals surface area contributed by atoms with Crippen molar-refractivity contribution in [2.24, 2.45) is 23.2 Å². The molecule has 0 saturated heterocycles. The van der Waals surface area contributed by atoms with Crippen molar-refractivity contribution in [2.45, 2.75) is 65.5 Å². The van der Waals surface area contributed by atoms with Crippen molar-refractivity contribution in [3.63, 3.8) is 0 Å². The average Bonchev–Trinajstić information content (AvgIpc) is 3.23. The summed E-state index contributed by atoms with van der Waals surface area (Å²) in [5, 5.41) is 2.87. The number of rotatable bonds is 4. The Morgan fingerprint density at radius 3 is 1.82 bits per heavy atom. The van der Waals surface area contributed by atoms with Gasteiger partial charge in [0.15, 0.2) is 0 Å². The lowest BCUT2D eigenvalue weighted by Crippen LogP contribution is -2.68. The van der Waals surface area contributed by atoms with E-state index < -0.39 is 8.32 Å². The van der Waals surface area contributed by atoms with Gasteiger partial charge in [-0.2, -0.15) is 0 Å². The molecule has 4 rings (SSSR count). The third-order valence-corrected chi connectivity index (χ3v) is 12.7. The first-order chi connectivity index (χ1) is 13.2. The van der Waals surface area contributed by atoms with Crippen molar-refractivity contribution in [1.29, 1.82) is 0 Å². The molecule has 0 N–H and O–H groups in total. The van der Waals surface area contributed by atoms with E-state index in [4.69, 9.17) is 4.43 Å². The Balaban J connectivity index is 1.86. The second kappa shape index (κ2) is 6.85. The van der Waals surface area contributed by atoms with Crippen LogP contribution in [0.4, 0.5) is 0 Å². The first-order valence-corrected chi connectivity index (χ1v) is 12.9. The summed E-state index contributed by atoms with van der Waals surface area (Å²) in [5.41, 5.74) is 0.431. The fourth-order valence-corrected chi connectivity index (χ4v) is 10.8. The quantitative estimate of drug-likeness (QED) is 0.612. The molecule has 2 aliphatic carbocycles. The molecule has 2 heteroatoms. The SMILES string of the molecule is C[C@@H]1CC[C@H]2[C@@H]([C@H]1O[Si](c1ccccc1)(c1ccccc1)C(C)(C)C)C2(C)C.